The van der Waals surface area contributed by atoms with E-state index < -0.39 is 24.0 Å². The highest BCUT2D eigenvalue weighted by atomic mass is 16.5. The zero-order valence-electron chi connectivity index (χ0n) is 10.9. The molecule has 0 bridgehead atoms. The smallest absolute Gasteiger partial charge is 0.330 e. The summed E-state index contributed by atoms with van der Waals surface area (Å²) in [6, 6.07) is -1.20. The Morgan fingerprint density at radius 2 is 1.84 bits per heavy atom. The summed E-state index contributed by atoms with van der Waals surface area (Å²) in [6.45, 7) is 0. The Labute approximate surface area is 110 Å². The van der Waals surface area contributed by atoms with Crippen LogP contribution in [-0.4, -0.2) is 54.9 Å². The molecule has 0 aromatic heterocycles. The van der Waals surface area contributed by atoms with Gasteiger partial charge in [-0.05, 0) is 12.8 Å². The van der Waals surface area contributed by atoms with Crippen LogP contribution in [0.25, 0.3) is 0 Å². The first kappa shape index (κ1) is 13.5. The van der Waals surface area contributed by atoms with Crippen LogP contribution in [0.2, 0.25) is 0 Å². The summed E-state index contributed by atoms with van der Waals surface area (Å²) in [6.07, 6.45) is 1.70. The molecule has 2 aliphatic rings. The van der Waals surface area contributed by atoms with Gasteiger partial charge in [-0.1, -0.05) is 0 Å². The summed E-state index contributed by atoms with van der Waals surface area (Å²) in [5.41, 5.74) is 0. The van der Waals surface area contributed by atoms with Crippen molar-refractivity contribution in [1.29, 1.82) is 0 Å². The zero-order valence-corrected chi connectivity index (χ0v) is 10.9. The van der Waals surface area contributed by atoms with Crippen LogP contribution in [-0.2, 0) is 23.9 Å². The highest BCUT2D eigenvalue weighted by Gasteiger charge is 2.41. The van der Waals surface area contributed by atoms with E-state index >= 15 is 0 Å². The number of hydrogen-bond acceptors (Lipinski definition) is 6. The molecule has 0 radical (unpaired) electrons. The summed E-state index contributed by atoms with van der Waals surface area (Å²) >= 11 is 0. The second-order valence-electron chi connectivity index (χ2n) is 4.46. The van der Waals surface area contributed by atoms with Crippen LogP contribution in [0.4, 0.5) is 0 Å². The molecule has 0 N–H and O–H groups in total. The second kappa shape index (κ2) is 5.38. The number of amides is 1. The second-order valence-corrected chi connectivity index (χ2v) is 4.46. The molecule has 0 aromatic carbocycles. The molecule has 2 aliphatic heterocycles. The van der Waals surface area contributed by atoms with E-state index in [1.807, 2.05) is 0 Å². The number of amidine groups is 1. The molecule has 7 nitrogen and oxygen atoms in total. The number of esters is 2. The molecule has 104 valence electrons. The van der Waals surface area contributed by atoms with Gasteiger partial charge in [-0.25, -0.2) is 9.59 Å². The van der Waals surface area contributed by atoms with Gasteiger partial charge in [0.1, 0.15) is 17.9 Å². The van der Waals surface area contributed by atoms with Gasteiger partial charge in [0.2, 0.25) is 5.91 Å². The van der Waals surface area contributed by atoms with Crippen molar-refractivity contribution in [2.24, 2.45) is 4.99 Å². The first-order chi connectivity index (χ1) is 9.08. The van der Waals surface area contributed by atoms with E-state index in [0.29, 0.717) is 31.5 Å². The number of nitrogens with zero attached hydrogens (tertiary/aromatic N) is 2. The van der Waals surface area contributed by atoms with Gasteiger partial charge in [0.25, 0.3) is 0 Å². The first-order valence-electron chi connectivity index (χ1n) is 6.13. The number of hydrogen-bond donors (Lipinski definition) is 0. The number of ether oxygens (including phenoxy) is 2. The fourth-order valence-electron chi connectivity index (χ4n) is 2.43. The number of methoxy groups -OCH3 is 2. The van der Waals surface area contributed by atoms with Crippen LogP contribution in [0.3, 0.4) is 0 Å². The van der Waals surface area contributed by atoms with Gasteiger partial charge in [0.15, 0.2) is 0 Å². The van der Waals surface area contributed by atoms with Gasteiger partial charge >= 0.3 is 11.9 Å². The molecule has 2 rings (SSSR count). The monoisotopic (exact) mass is 268 g/mol. The number of aliphatic imine (C=N–C) groups is 1. The molecule has 0 spiro atoms. The minimum Gasteiger partial charge on any atom is -0.467 e. The van der Waals surface area contributed by atoms with Crippen molar-refractivity contribution in [3.8, 4) is 0 Å². The predicted molar refractivity (Wildman–Crippen MR) is 64.4 cm³/mol. The largest absolute Gasteiger partial charge is 0.467 e. The van der Waals surface area contributed by atoms with Crippen LogP contribution < -0.4 is 0 Å². The van der Waals surface area contributed by atoms with Gasteiger partial charge < -0.3 is 9.47 Å². The minimum absolute atomic E-state index is 0.153. The Morgan fingerprint density at radius 3 is 2.47 bits per heavy atom. The summed E-state index contributed by atoms with van der Waals surface area (Å²) in [5, 5.41) is 0. The van der Waals surface area contributed by atoms with Crippen molar-refractivity contribution in [2.45, 2.75) is 37.8 Å². The van der Waals surface area contributed by atoms with E-state index in [1.54, 1.807) is 0 Å². The third-order valence-corrected chi connectivity index (χ3v) is 3.38. The van der Waals surface area contributed by atoms with Gasteiger partial charge in [-0.15, -0.1) is 0 Å². The third kappa shape index (κ3) is 2.45. The molecule has 7 heteroatoms. The average molecular weight is 268 g/mol. The quantitative estimate of drug-likeness (QED) is 0.652. The lowest BCUT2D eigenvalue weighted by molar-refractivity contribution is -0.146. The standard InChI is InChI=1S/C12H16N2O5/c1-18-11(16)7-3-5-9(13-7)14-8(12(17)19-2)4-6-10(14)15/h7-8H,3-6H2,1-2H3/t7-,8-/m0/s1. The van der Waals surface area contributed by atoms with Gasteiger partial charge in [0, 0.05) is 12.8 Å². The fraction of sp³-hybridized carbons (Fsp3) is 0.667. The topological polar surface area (TPSA) is 85.3 Å². The van der Waals surface area contributed by atoms with Crippen molar-refractivity contribution in [2.75, 3.05) is 14.2 Å². The predicted octanol–water partition coefficient (Wildman–Crippen LogP) is -0.116. The van der Waals surface area contributed by atoms with Crippen LogP contribution in [0.5, 0.6) is 0 Å². The lowest BCUT2D eigenvalue weighted by atomic mass is 10.2. The maximum atomic E-state index is 11.9. The Morgan fingerprint density at radius 1 is 1.16 bits per heavy atom. The lowest BCUT2D eigenvalue weighted by Crippen LogP contribution is -2.42. The number of likely N-dealkylation sites (tertiary alicyclic amines) is 1. The van der Waals surface area contributed by atoms with Crippen LogP contribution in [0.1, 0.15) is 25.7 Å². The molecular weight excluding hydrogens is 252 g/mol. The van der Waals surface area contributed by atoms with Gasteiger partial charge in [-0.2, -0.15) is 0 Å². The molecule has 19 heavy (non-hydrogen) atoms. The summed E-state index contributed by atoms with van der Waals surface area (Å²) in [5.74, 6) is -0.542. The van der Waals surface area contributed by atoms with E-state index in [0.717, 1.165) is 0 Å². The van der Waals surface area contributed by atoms with E-state index in [2.05, 4.69) is 14.5 Å². The maximum Gasteiger partial charge on any atom is 0.330 e. The Kier molecular flexibility index (Phi) is 3.82. The Hall–Kier alpha value is -1.92. The summed E-state index contributed by atoms with van der Waals surface area (Å²) in [4.78, 5) is 40.5. The summed E-state index contributed by atoms with van der Waals surface area (Å²) in [7, 11) is 2.59. The highest BCUT2D eigenvalue weighted by molar-refractivity contribution is 6.05. The molecule has 1 saturated heterocycles. The summed E-state index contributed by atoms with van der Waals surface area (Å²) < 4.78 is 9.31. The van der Waals surface area contributed by atoms with Crippen molar-refractivity contribution >= 4 is 23.7 Å². The minimum atomic E-state index is -0.618. The molecule has 2 heterocycles. The third-order valence-electron chi connectivity index (χ3n) is 3.38. The number of rotatable bonds is 2. The normalized spacial score (nSPS) is 26.3. The highest BCUT2D eigenvalue weighted by Crippen LogP contribution is 2.26. The zero-order chi connectivity index (χ0) is 14.0. The van der Waals surface area contributed by atoms with E-state index in [4.69, 9.17) is 0 Å². The Bertz CT molecular complexity index is 445. The molecule has 0 saturated carbocycles. The fourth-order valence-corrected chi connectivity index (χ4v) is 2.43. The molecule has 0 unspecified atom stereocenters. The average Bonchev–Trinajstić information content (AvgIpc) is 3.03. The SMILES string of the molecule is COC(=O)[C@@H]1CCC(N2C(=O)CC[C@H]2C(=O)OC)=N1. The Balaban J connectivity index is 2.18. The first-order valence-corrected chi connectivity index (χ1v) is 6.13. The van der Waals surface area contributed by atoms with Gasteiger partial charge in [0.05, 0.1) is 14.2 Å². The molecule has 0 aromatic rings. The van der Waals surface area contributed by atoms with Crippen LogP contribution >= 0.6 is 0 Å². The van der Waals surface area contributed by atoms with E-state index in [-0.39, 0.29) is 5.91 Å². The van der Waals surface area contributed by atoms with E-state index in [1.165, 1.54) is 19.1 Å². The van der Waals surface area contributed by atoms with Crippen molar-refractivity contribution < 1.29 is 23.9 Å². The molecule has 1 fully saturated rings. The van der Waals surface area contributed by atoms with E-state index in [9.17, 15) is 14.4 Å². The van der Waals surface area contributed by atoms with Crippen molar-refractivity contribution in [3.63, 3.8) is 0 Å². The molecule has 1 amide bonds. The van der Waals surface area contributed by atoms with Crippen molar-refractivity contribution in [1.82, 2.24) is 4.90 Å². The van der Waals surface area contributed by atoms with Crippen LogP contribution in [0, 0.1) is 0 Å². The molecule has 2 atom stereocenters. The van der Waals surface area contributed by atoms with Gasteiger partial charge in [-0.3, -0.25) is 14.7 Å². The molecule has 0 aliphatic carbocycles. The maximum absolute atomic E-state index is 11.9. The lowest BCUT2D eigenvalue weighted by Gasteiger charge is -2.22. The number of carbonyl (C=O) groups excluding carboxylic acids is 3. The number of carbonyl (C=O) groups is 3. The van der Waals surface area contributed by atoms with Crippen LogP contribution in [0.15, 0.2) is 4.99 Å². The van der Waals surface area contributed by atoms with Crippen molar-refractivity contribution in [3.05, 3.63) is 0 Å². The molecular formula is C12H16N2O5.